The van der Waals surface area contributed by atoms with Crippen LogP contribution < -0.4 is 9.47 Å². The SMILES string of the molecule is Cc1cc(OCP(=O)(OCc2ccccc2)OCc2ccccc2)cc2c1C(c1ccc(OCc3ccccc3)c(C3COC3)c1)CC2. The first-order chi connectivity index (χ1) is 23.5. The van der Waals surface area contributed by atoms with Crippen LogP contribution in [0.5, 0.6) is 11.5 Å². The van der Waals surface area contributed by atoms with Gasteiger partial charge in [0.25, 0.3) is 0 Å². The van der Waals surface area contributed by atoms with Crippen molar-refractivity contribution in [1.29, 1.82) is 0 Å². The van der Waals surface area contributed by atoms with E-state index in [1.807, 2.05) is 84.9 Å². The van der Waals surface area contributed by atoms with Crippen LogP contribution >= 0.6 is 7.60 Å². The number of hydrogen-bond acceptors (Lipinski definition) is 6. The molecule has 5 aromatic rings. The first-order valence-electron chi connectivity index (χ1n) is 16.6. The van der Waals surface area contributed by atoms with E-state index in [9.17, 15) is 4.57 Å². The van der Waals surface area contributed by atoms with Crippen molar-refractivity contribution in [2.24, 2.45) is 0 Å². The predicted octanol–water partition coefficient (Wildman–Crippen LogP) is 9.73. The summed E-state index contributed by atoms with van der Waals surface area (Å²) in [6, 6.07) is 40.5. The van der Waals surface area contributed by atoms with Gasteiger partial charge in [-0.05, 0) is 76.9 Å². The van der Waals surface area contributed by atoms with E-state index in [1.165, 1.54) is 22.3 Å². The zero-order valence-electron chi connectivity index (χ0n) is 27.3. The van der Waals surface area contributed by atoms with E-state index in [4.69, 9.17) is 23.3 Å². The molecule has 5 aromatic carbocycles. The molecule has 6 nitrogen and oxygen atoms in total. The Morgan fingerprint density at radius 2 is 1.31 bits per heavy atom. The van der Waals surface area contributed by atoms with Gasteiger partial charge in [-0.15, -0.1) is 0 Å². The molecular weight excluding hydrogens is 619 g/mol. The Balaban J connectivity index is 1.07. The highest BCUT2D eigenvalue weighted by Crippen LogP contribution is 2.50. The van der Waals surface area contributed by atoms with Crippen LogP contribution in [0.2, 0.25) is 0 Å². The van der Waals surface area contributed by atoms with Crippen molar-refractivity contribution in [3.63, 3.8) is 0 Å². The Morgan fingerprint density at radius 1 is 0.708 bits per heavy atom. The van der Waals surface area contributed by atoms with Crippen LogP contribution in [0.1, 0.15) is 62.8 Å². The predicted molar refractivity (Wildman–Crippen MR) is 188 cm³/mol. The van der Waals surface area contributed by atoms with Crippen molar-refractivity contribution in [2.45, 2.75) is 51.4 Å². The molecule has 1 aliphatic carbocycles. The highest BCUT2D eigenvalue weighted by molar-refractivity contribution is 7.53. The lowest BCUT2D eigenvalue weighted by Crippen LogP contribution is -2.26. The van der Waals surface area contributed by atoms with Crippen molar-refractivity contribution in [2.75, 3.05) is 19.6 Å². The highest BCUT2D eigenvalue weighted by Gasteiger charge is 2.31. The lowest BCUT2D eigenvalue weighted by atomic mass is 9.86. The van der Waals surface area contributed by atoms with Gasteiger partial charge in [0.2, 0.25) is 0 Å². The first-order valence-corrected chi connectivity index (χ1v) is 18.4. The molecular formula is C41H41O6P. The number of benzene rings is 5. The van der Waals surface area contributed by atoms with Gasteiger partial charge >= 0.3 is 7.60 Å². The Labute approximate surface area is 283 Å². The molecule has 0 amide bonds. The highest BCUT2D eigenvalue weighted by atomic mass is 31.2. The van der Waals surface area contributed by atoms with Crippen LogP contribution in [-0.2, 0) is 44.6 Å². The third kappa shape index (κ3) is 7.75. The maximum Gasteiger partial charge on any atom is 0.368 e. The molecule has 7 rings (SSSR count). The molecule has 1 heterocycles. The van der Waals surface area contributed by atoms with Gasteiger partial charge in [0.15, 0.2) is 6.35 Å². The van der Waals surface area contributed by atoms with E-state index in [0.29, 0.717) is 18.3 Å². The van der Waals surface area contributed by atoms with E-state index in [2.05, 4.69) is 43.3 Å². The maximum atomic E-state index is 14.0. The van der Waals surface area contributed by atoms with Gasteiger partial charge in [0.1, 0.15) is 18.1 Å². The summed E-state index contributed by atoms with van der Waals surface area (Å²) in [6.07, 6.45) is 1.79. The monoisotopic (exact) mass is 660 g/mol. The second-order valence-corrected chi connectivity index (χ2v) is 14.6. The summed E-state index contributed by atoms with van der Waals surface area (Å²) in [5.41, 5.74) is 9.28. The third-order valence-electron chi connectivity index (χ3n) is 9.18. The number of fused-ring (bicyclic) bond motifs is 1. The minimum atomic E-state index is -3.60. The van der Waals surface area contributed by atoms with E-state index in [0.717, 1.165) is 54.1 Å². The molecule has 1 unspecified atom stereocenters. The summed E-state index contributed by atoms with van der Waals surface area (Å²) < 4.78 is 44.0. The van der Waals surface area contributed by atoms with Gasteiger partial charge in [0.05, 0.1) is 26.4 Å². The molecule has 0 spiro atoms. The Bertz CT molecular complexity index is 1810. The van der Waals surface area contributed by atoms with Crippen LogP contribution in [0.15, 0.2) is 121 Å². The molecule has 0 N–H and O–H groups in total. The largest absolute Gasteiger partial charge is 0.489 e. The Kier molecular flexibility index (Phi) is 10.1. The summed E-state index contributed by atoms with van der Waals surface area (Å²) in [7, 11) is -3.60. The minimum Gasteiger partial charge on any atom is -0.489 e. The quantitative estimate of drug-likeness (QED) is 0.111. The van der Waals surface area contributed by atoms with Gasteiger partial charge in [-0.3, -0.25) is 4.57 Å². The van der Waals surface area contributed by atoms with Crippen molar-refractivity contribution < 1.29 is 27.8 Å². The zero-order chi connectivity index (χ0) is 32.8. The summed E-state index contributed by atoms with van der Waals surface area (Å²) in [6.45, 7) is 4.47. The Hall–Kier alpha value is -4.19. The van der Waals surface area contributed by atoms with Gasteiger partial charge in [-0.2, -0.15) is 0 Å². The first kappa shape index (κ1) is 32.4. The number of ether oxygens (including phenoxy) is 3. The molecule has 0 saturated carbocycles. The van der Waals surface area contributed by atoms with Crippen LogP contribution in [0.25, 0.3) is 0 Å². The molecule has 1 aliphatic heterocycles. The van der Waals surface area contributed by atoms with Crippen LogP contribution in [0.4, 0.5) is 0 Å². The fraction of sp³-hybridized carbons (Fsp3) is 0.268. The molecule has 0 radical (unpaired) electrons. The second-order valence-electron chi connectivity index (χ2n) is 12.6. The van der Waals surface area contributed by atoms with Gasteiger partial charge < -0.3 is 23.3 Å². The van der Waals surface area contributed by atoms with Crippen molar-refractivity contribution in [1.82, 2.24) is 0 Å². The molecule has 7 heteroatoms. The molecule has 2 aliphatic rings. The van der Waals surface area contributed by atoms with Gasteiger partial charge in [-0.25, -0.2) is 0 Å². The number of aryl methyl sites for hydroxylation is 2. The van der Waals surface area contributed by atoms with Crippen LogP contribution in [0, 0.1) is 6.92 Å². The average molecular weight is 661 g/mol. The zero-order valence-corrected chi connectivity index (χ0v) is 28.1. The average Bonchev–Trinajstić information content (AvgIpc) is 3.54. The summed E-state index contributed by atoms with van der Waals surface area (Å²) in [4.78, 5) is 0. The fourth-order valence-corrected chi connectivity index (χ4v) is 7.77. The van der Waals surface area contributed by atoms with Crippen molar-refractivity contribution in [3.05, 3.63) is 166 Å². The van der Waals surface area contributed by atoms with Crippen LogP contribution in [-0.4, -0.2) is 19.6 Å². The van der Waals surface area contributed by atoms with Gasteiger partial charge in [0, 0.05) is 17.4 Å². The van der Waals surface area contributed by atoms with Crippen molar-refractivity contribution in [3.8, 4) is 11.5 Å². The number of hydrogen-bond donors (Lipinski definition) is 0. The molecule has 246 valence electrons. The topological polar surface area (TPSA) is 63.2 Å². The van der Waals surface area contributed by atoms with Gasteiger partial charge in [-0.1, -0.05) is 103 Å². The standard InChI is InChI=1S/C41H41O6P/c1-30-21-37(45-29-48(42,46-25-32-13-7-3-8-14-32)47-26-33-15-9-4-10-16-33)22-35-17-19-38(41(30)35)34-18-20-40(39(23-34)36-27-43-28-36)44-24-31-11-5-2-6-12-31/h2-16,18,20-23,36,38H,17,19,24-29H2,1H3. The van der Waals surface area contributed by atoms with Crippen molar-refractivity contribution >= 4 is 7.60 Å². The molecule has 1 fully saturated rings. The van der Waals surface area contributed by atoms with E-state index in [-0.39, 0.29) is 25.5 Å². The fourth-order valence-electron chi connectivity index (χ4n) is 6.55. The van der Waals surface area contributed by atoms with E-state index >= 15 is 0 Å². The molecule has 1 saturated heterocycles. The second kappa shape index (κ2) is 14.9. The lowest BCUT2D eigenvalue weighted by molar-refractivity contribution is 0.00719. The van der Waals surface area contributed by atoms with E-state index < -0.39 is 7.60 Å². The smallest absolute Gasteiger partial charge is 0.368 e. The summed E-state index contributed by atoms with van der Waals surface area (Å²) in [5, 5.41) is 0. The number of rotatable bonds is 14. The van der Waals surface area contributed by atoms with E-state index in [1.54, 1.807) is 0 Å². The minimum absolute atomic E-state index is 0.173. The normalized spacial score (nSPS) is 15.9. The summed E-state index contributed by atoms with van der Waals surface area (Å²) >= 11 is 0. The maximum absolute atomic E-state index is 14.0. The third-order valence-corrected chi connectivity index (χ3v) is 10.7. The van der Waals surface area contributed by atoms with Crippen LogP contribution in [0.3, 0.4) is 0 Å². The molecule has 0 bridgehead atoms. The summed E-state index contributed by atoms with van der Waals surface area (Å²) in [5.74, 6) is 2.24. The molecule has 0 aromatic heterocycles. The lowest BCUT2D eigenvalue weighted by Gasteiger charge is -2.29. The molecule has 48 heavy (non-hydrogen) atoms. The molecule has 1 atom stereocenters. The Morgan fingerprint density at radius 3 is 1.90 bits per heavy atom.